The van der Waals surface area contributed by atoms with Gasteiger partial charge in [0.2, 0.25) is 0 Å². The van der Waals surface area contributed by atoms with Crippen LogP contribution in [0.15, 0.2) is 30.3 Å². The Hall–Kier alpha value is -2.02. The van der Waals surface area contributed by atoms with Crippen LogP contribution in [-0.2, 0) is 9.53 Å². The summed E-state index contributed by atoms with van der Waals surface area (Å²) in [6, 6.07) is 6.13. The fourth-order valence-corrected chi connectivity index (χ4v) is 2.56. The number of amides is 1. The molecule has 0 aliphatic carbocycles. The van der Waals surface area contributed by atoms with Gasteiger partial charge in [0.05, 0.1) is 27.0 Å². The van der Waals surface area contributed by atoms with Gasteiger partial charge in [-0.1, -0.05) is 34.8 Å². The summed E-state index contributed by atoms with van der Waals surface area (Å²) in [4.78, 5) is 24.3. The lowest BCUT2D eigenvalue weighted by Gasteiger charge is -2.15. The van der Waals surface area contributed by atoms with Crippen molar-refractivity contribution >= 4 is 58.1 Å². The second kappa shape index (κ2) is 7.91. The normalized spacial score (nSPS) is 11.7. The van der Waals surface area contributed by atoms with Crippen LogP contribution >= 0.6 is 34.8 Å². The molecule has 2 aromatic carbocycles. The highest BCUT2D eigenvalue weighted by Gasteiger charge is 2.22. The average molecular weight is 406 g/mol. The Morgan fingerprint density at radius 2 is 1.84 bits per heavy atom. The highest BCUT2D eigenvalue weighted by molar-refractivity contribution is 6.37. The molecule has 0 aliphatic heterocycles. The lowest BCUT2D eigenvalue weighted by atomic mass is 10.2. The number of hydrogen-bond acceptors (Lipinski definition) is 4. The number of hydrogen-bond donors (Lipinski definition) is 2. The second-order valence-electron chi connectivity index (χ2n) is 5.01. The molecular weight excluding hydrogens is 394 g/mol. The Morgan fingerprint density at radius 3 is 2.48 bits per heavy atom. The quantitative estimate of drug-likeness (QED) is 0.577. The number of rotatable bonds is 4. The van der Waals surface area contributed by atoms with Crippen LogP contribution in [0.5, 0.6) is 0 Å². The van der Waals surface area contributed by atoms with Crippen molar-refractivity contribution in [1.29, 1.82) is 0 Å². The van der Waals surface area contributed by atoms with Crippen molar-refractivity contribution in [3.05, 3.63) is 56.8 Å². The number of benzene rings is 2. The molecule has 0 aromatic heterocycles. The van der Waals surface area contributed by atoms with Gasteiger partial charge < -0.3 is 15.8 Å². The van der Waals surface area contributed by atoms with E-state index in [9.17, 15) is 14.0 Å². The zero-order chi connectivity index (χ0) is 18.7. The predicted molar refractivity (Wildman–Crippen MR) is 95.8 cm³/mol. The van der Waals surface area contributed by atoms with Gasteiger partial charge in [-0.15, -0.1) is 0 Å². The first-order chi connectivity index (χ1) is 11.7. The molecule has 3 N–H and O–H groups in total. The Bertz CT molecular complexity index is 846. The molecule has 2 rings (SSSR count). The van der Waals surface area contributed by atoms with Crippen molar-refractivity contribution in [2.45, 2.75) is 13.0 Å². The van der Waals surface area contributed by atoms with E-state index in [4.69, 9.17) is 45.3 Å². The van der Waals surface area contributed by atoms with E-state index in [-0.39, 0.29) is 32.0 Å². The minimum absolute atomic E-state index is 0.00902. The molecule has 1 amide bonds. The second-order valence-corrected chi connectivity index (χ2v) is 6.26. The van der Waals surface area contributed by atoms with Crippen LogP contribution < -0.4 is 11.1 Å². The van der Waals surface area contributed by atoms with Gasteiger partial charge in [-0.3, -0.25) is 4.79 Å². The van der Waals surface area contributed by atoms with Crippen molar-refractivity contribution < 1.29 is 18.7 Å². The van der Waals surface area contributed by atoms with E-state index in [1.165, 1.54) is 25.1 Å². The third-order valence-electron chi connectivity index (χ3n) is 3.16. The Labute approximate surface area is 157 Å². The molecule has 0 spiro atoms. The molecule has 0 bridgehead atoms. The zero-order valence-corrected chi connectivity index (χ0v) is 15.0. The van der Waals surface area contributed by atoms with Gasteiger partial charge in [0, 0.05) is 5.02 Å². The lowest BCUT2D eigenvalue weighted by Crippen LogP contribution is -2.30. The molecule has 132 valence electrons. The SMILES string of the molecule is C[C@H](OC(=O)c1cc(Cl)cc(Cl)c1N)C(=O)Nc1ccc(F)cc1Cl. The van der Waals surface area contributed by atoms with Crippen LogP contribution in [0.4, 0.5) is 15.8 Å². The minimum atomic E-state index is -1.18. The number of nitrogen functional groups attached to an aromatic ring is 1. The van der Waals surface area contributed by atoms with Gasteiger partial charge >= 0.3 is 5.97 Å². The zero-order valence-electron chi connectivity index (χ0n) is 12.8. The van der Waals surface area contributed by atoms with Crippen molar-refractivity contribution in [3.63, 3.8) is 0 Å². The molecule has 1 atom stereocenters. The van der Waals surface area contributed by atoms with Gasteiger partial charge in [-0.2, -0.15) is 0 Å². The van der Waals surface area contributed by atoms with Crippen molar-refractivity contribution in [3.8, 4) is 0 Å². The molecule has 0 fully saturated rings. The van der Waals surface area contributed by atoms with E-state index in [0.717, 1.165) is 12.1 Å². The summed E-state index contributed by atoms with van der Waals surface area (Å²) < 4.78 is 18.1. The maximum Gasteiger partial charge on any atom is 0.341 e. The smallest absolute Gasteiger partial charge is 0.341 e. The molecule has 0 saturated carbocycles. The number of carbonyl (C=O) groups excluding carboxylic acids is 2. The summed E-state index contributed by atoms with van der Waals surface area (Å²) in [7, 11) is 0. The van der Waals surface area contributed by atoms with Crippen LogP contribution in [0.1, 0.15) is 17.3 Å². The first-order valence-electron chi connectivity index (χ1n) is 6.90. The van der Waals surface area contributed by atoms with E-state index >= 15 is 0 Å². The van der Waals surface area contributed by atoms with Crippen LogP contribution in [-0.4, -0.2) is 18.0 Å². The third-order valence-corrected chi connectivity index (χ3v) is 4.00. The van der Waals surface area contributed by atoms with Gasteiger partial charge in [0.15, 0.2) is 6.10 Å². The Kier molecular flexibility index (Phi) is 6.11. The molecular formula is C16H12Cl3FN2O3. The van der Waals surface area contributed by atoms with Crippen LogP contribution in [0, 0.1) is 5.82 Å². The molecule has 25 heavy (non-hydrogen) atoms. The molecule has 2 aromatic rings. The first kappa shape index (κ1) is 19.3. The molecule has 5 nitrogen and oxygen atoms in total. The Balaban J connectivity index is 2.09. The highest BCUT2D eigenvalue weighted by Crippen LogP contribution is 2.28. The minimum Gasteiger partial charge on any atom is -0.449 e. The highest BCUT2D eigenvalue weighted by atomic mass is 35.5. The predicted octanol–water partition coefficient (Wildman–Crippen LogP) is 4.55. The van der Waals surface area contributed by atoms with E-state index in [1.807, 2.05) is 0 Å². The molecule has 0 unspecified atom stereocenters. The summed E-state index contributed by atoms with van der Waals surface area (Å²) in [6.07, 6.45) is -1.18. The molecule has 9 heteroatoms. The fourth-order valence-electron chi connectivity index (χ4n) is 1.86. The lowest BCUT2D eigenvalue weighted by molar-refractivity contribution is -0.123. The summed E-state index contributed by atoms with van der Waals surface area (Å²) in [5, 5.41) is 2.73. The number of halogens is 4. The summed E-state index contributed by atoms with van der Waals surface area (Å²) in [5.41, 5.74) is 5.83. The number of carbonyl (C=O) groups is 2. The van der Waals surface area contributed by atoms with E-state index in [2.05, 4.69) is 5.32 Å². The number of nitrogens with two attached hydrogens (primary N) is 1. The molecule has 0 radical (unpaired) electrons. The largest absolute Gasteiger partial charge is 0.449 e. The number of nitrogens with one attached hydrogen (secondary N) is 1. The number of esters is 1. The topological polar surface area (TPSA) is 81.4 Å². The summed E-state index contributed by atoms with van der Waals surface area (Å²) >= 11 is 17.5. The average Bonchev–Trinajstić information content (AvgIpc) is 2.53. The van der Waals surface area contributed by atoms with Gasteiger partial charge in [-0.05, 0) is 37.3 Å². The van der Waals surface area contributed by atoms with Gasteiger partial charge in [0.25, 0.3) is 5.91 Å². The summed E-state index contributed by atoms with van der Waals surface area (Å²) in [5.74, 6) is -2.07. The van der Waals surface area contributed by atoms with Gasteiger partial charge in [0.1, 0.15) is 5.82 Å². The fraction of sp³-hybridized carbons (Fsp3) is 0.125. The van der Waals surface area contributed by atoms with Crippen molar-refractivity contribution in [1.82, 2.24) is 0 Å². The molecule has 0 saturated heterocycles. The Morgan fingerprint density at radius 1 is 1.16 bits per heavy atom. The van der Waals surface area contributed by atoms with E-state index < -0.39 is 23.8 Å². The standard InChI is InChI=1S/C16H12Cl3FN2O3/c1-7(15(23)22-13-3-2-9(20)6-11(13)18)25-16(24)10-4-8(17)5-12(19)14(10)21/h2-7H,21H2,1H3,(H,22,23)/t7-/m0/s1. The van der Waals surface area contributed by atoms with Gasteiger partial charge in [-0.25, -0.2) is 9.18 Å². The molecule has 0 aliphatic rings. The van der Waals surface area contributed by atoms with E-state index in [0.29, 0.717) is 0 Å². The van der Waals surface area contributed by atoms with Crippen LogP contribution in [0.2, 0.25) is 15.1 Å². The first-order valence-corrected chi connectivity index (χ1v) is 8.04. The van der Waals surface area contributed by atoms with Crippen LogP contribution in [0.25, 0.3) is 0 Å². The van der Waals surface area contributed by atoms with Crippen LogP contribution in [0.3, 0.4) is 0 Å². The number of anilines is 2. The van der Waals surface area contributed by atoms with Crippen molar-refractivity contribution in [2.24, 2.45) is 0 Å². The maximum atomic E-state index is 13.0. The maximum absolute atomic E-state index is 13.0. The monoisotopic (exact) mass is 404 g/mol. The number of ether oxygens (including phenoxy) is 1. The molecule has 0 heterocycles. The van der Waals surface area contributed by atoms with Crippen molar-refractivity contribution in [2.75, 3.05) is 11.1 Å². The van der Waals surface area contributed by atoms with E-state index in [1.54, 1.807) is 0 Å². The third kappa shape index (κ3) is 4.75. The summed E-state index contributed by atoms with van der Waals surface area (Å²) in [6.45, 7) is 1.35.